The van der Waals surface area contributed by atoms with E-state index in [0.717, 1.165) is 15.6 Å². The molecule has 164 valence electrons. The molecule has 2 aromatic rings. The number of hydrogen-bond acceptors (Lipinski definition) is 4. The van der Waals surface area contributed by atoms with Gasteiger partial charge in [0.05, 0.1) is 5.41 Å². The fourth-order valence-electron chi connectivity index (χ4n) is 3.92. The second-order valence-electron chi connectivity index (χ2n) is 7.87. The zero-order valence-corrected chi connectivity index (χ0v) is 19.4. The number of carbonyl (C=O) groups excluding carboxylic acids is 3. The van der Waals surface area contributed by atoms with Gasteiger partial charge in [-0.3, -0.25) is 14.4 Å². The third-order valence-corrected chi connectivity index (χ3v) is 6.67. The highest BCUT2D eigenvalue weighted by Crippen LogP contribution is 2.37. The molecule has 0 spiro atoms. The molecule has 0 bridgehead atoms. The van der Waals surface area contributed by atoms with E-state index < -0.39 is 11.4 Å². The van der Waals surface area contributed by atoms with Gasteiger partial charge in [-0.05, 0) is 30.0 Å². The first-order chi connectivity index (χ1) is 14.8. The average molecular weight is 487 g/mol. The number of halogens is 1. The van der Waals surface area contributed by atoms with Crippen LogP contribution in [0, 0.1) is 0 Å². The Kier molecular flexibility index (Phi) is 7.49. The van der Waals surface area contributed by atoms with E-state index in [2.05, 4.69) is 15.9 Å². The smallest absolute Gasteiger partial charge is 0.317 e. The Morgan fingerprint density at radius 2 is 1.65 bits per heavy atom. The molecule has 1 fully saturated rings. The minimum absolute atomic E-state index is 0.00101. The molecule has 6 nitrogen and oxygen atoms in total. The van der Waals surface area contributed by atoms with Crippen LogP contribution in [0.3, 0.4) is 0 Å². The molecule has 0 aromatic heterocycles. The Balaban J connectivity index is 1.67. The average Bonchev–Trinajstić information content (AvgIpc) is 2.79. The Bertz CT molecular complexity index is 940. The number of piperidine rings is 1. The van der Waals surface area contributed by atoms with Crippen LogP contribution in [0.15, 0.2) is 59.1 Å². The number of benzene rings is 2. The molecule has 3 rings (SSSR count). The van der Waals surface area contributed by atoms with E-state index in [1.54, 1.807) is 16.8 Å². The number of rotatable bonds is 6. The minimum Gasteiger partial charge on any atom is -0.455 e. The summed E-state index contributed by atoms with van der Waals surface area (Å²) in [5.41, 5.74) is 0.980. The summed E-state index contributed by atoms with van der Waals surface area (Å²) in [4.78, 5) is 40.9. The van der Waals surface area contributed by atoms with E-state index in [-0.39, 0.29) is 18.4 Å². The summed E-state index contributed by atoms with van der Waals surface area (Å²) >= 11 is 3.48. The van der Waals surface area contributed by atoms with Crippen molar-refractivity contribution in [1.29, 1.82) is 0 Å². The summed E-state index contributed by atoms with van der Waals surface area (Å²) in [6.45, 7) is 2.60. The van der Waals surface area contributed by atoms with E-state index in [4.69, 9.17) is 4.74 Å². The Labute approximate surface area is 191 Å². The molecule has 0 aliphatic carbocycles. The van der Waals surface area contributed by atoms with Crippen molar-refractivity contribution >= 4 is 33.7 Å². The summed E-state index contributed by atoms with van der Waals surface area (Å²) in [5.74, 6) is -0.683. The van der Waals surface area contributed by atoms with Crippen molar-refractivity contribution in [3.05, 3.63) is 70.2 Å². The molecule has 2 amide bonds. The zero-order chi connectivity index (χ0) is 22.4. The van der Waals surface area contributed by atoms with Crippen LogP contribution in [0.5, 0.6) is 0 Å². The van der Waals surface area contributed by atoms with Gasteiger partial charge in [-0.15, -0.1) is 0 Å². The number of amides is 2. The van der Waals surface area contributed by atoms with Crippen LogP contribution in [-0.4, -0.2) is 54.3 Å². The van der Waals surface area contributed by atoms with E-state index in [9.17, 15) is 14.4 Å². The molecule has 0 atom stereocenters. The van der Waals surface area contributed by atoms with Crippen LogP contribution in [0.2, 0.25) is 0 Å². The van der Waals surface area contributed by atoms with Crippen LogP contribution in [0.1, 0.15) is 30.9 Å². The van der Waals surface area contributed by atoms with Gasteiger partial charge in [0.1, 0.15) is 0 Å². The summed E-state index contributed by atoms with van der Waals surface area (Å²) in [7, 11) is 1.69. The first kappa shape index (κ1) is 23.0. The molecule has 2 aromatic carbocycles. The maximum atomic E-state index is 13.2. The highest BCUT2D eigenvalue weighted by molar-refractivity contribution is 9.10. The Morgan fingerprint density at radius 1 is 1.03 bits per heavy atom. The SMILES string of the molecule is CC(=O)N1CCC(C(=O)OCC(=O)N(C)Cc2ccccc2Br)(c2ccccc2)CC1. The zero-order valence-electron chi connectivity index (χ0n) is 17.8. The third kappa shape index (κ3) is 5.34. The molecule has 0 unspecified atom stereocenters. The minimum atomic E-state index is -0.853. The monoisotopic (exact) mass is 486 g/mol. The standard InChI is InChI=1S/C24H27BrN2O4/c1-18(28)27-14-12-24(13-15-27,20-9-4-3-5-10-20)23(30)31-17-22(29)26(2)16-19-8-6-7-11-21(19)25/h3-11H,12-17H2,1-2H3. The number of esters is 1. The predicted octanol–water partition coefficient (Wildman–Crippen LogP) is 3.53. The number of ether oxygens (including phenoxy) is 1. The lowest BCUT2D eigenvalue weighted by Crippen LogP contribution is -2.49. The van der Waals surface area contributed by atoms with Gasteiger partial charge in [0.2, 0.25) is 5.91 Å². The molecule has 1 saturated heterocycles. The van der Waals surface area contributed by atoms with Gasteiger partial charge in [0, 0.05) is 38.1 Å². The summed E-state index contributed by atoms with van der Waals surface area (Å²) in [6, 6.07) is 17.2. The normalized spacial score (nSPS) is 15.3. The maximum absolute atomic E-state index is 13.2. The maximum Gasteiger partial charge on any atom is 0.317 e. The van der Waals surface area contributed by atoms with Crippen molar-refractivity contribution in [3.63, 3.8) is 0 Å². The third-order valence-electron chi connectivity index (χ3n) is 5.90. The van der Waals surface area contributed by atoms with Crippen molar-refractivity contribution < 1.29 is 19.1 Å². The lowest BCUT2D eigenvalue weighted by molar-refractivity contribution is -0.159. The predicted molar refractivity (Wildman–Crippen MR) is 121 cm³/mol. The fraction of sp³-hybridized carbons (Fsp3) is 0.375. The van der Waals surface area contributed by atoms with E-state index in [1.807, 2.05) is 54.6 Å². The van der Waals surface area contributed by atoms with E-state index >= 15 is 0 Å². The van der Waals surface area contributed by atoms with Gasteiger partial charge in [0.15, 0.2) is 6.61 Å². The van der Waals surface area contributed by atoms with Crippen molar-refractivity contribution in [1.82, 2.24) is 9.80 Å². The number of likely N-dealkylation sites (N-methyl/N-ethyl adjacent to an activating group) is 1. The number of nitrogens with zero attached hydrogens (tertiary/aromatic N) is 2. The number of carbonyl (C=O) groups is 3. The number of likely N-dealkylation sites (tertiary alicyclic amines) is 1. The van der Waals surface area contributed by atoms with Gasteiger partial charge in [-0.1, -0.05) is 64.5 Å². The molecular formula is C24H27BrN2O4. The van der Waals surface area contributed by atoms with Crippen molar-refractivity contribution in [3.8, 4) is 0 Å². The second-order valence-corrected chi connectivity index (χ2v) is 8.73. The van der Waals surface area contributed by atoms with Crippen molar-refractivity contribution in [2.75, 3.05) is 26.7 Å². The molecule has 1 heterocycles. The fourth-order valence-corrected chi connectivity index (χ4v) is 4.33. The van der Waals surface area contributed by atoms with Gasteiger partial charge < -0.3 is 14.5 Å². The molecule has 0 radical (unpaired) electrons. The first-order valence-electron chi connectivity index (χ1n) is 10.3. The van der Waals surface area contributed by atoms with Crippen molar-refractivity contribution in [2.45, 2.75) is 31.7 Å². The lowest BCUT2D eigenvalue weighted by Gasteiger charge is -2.40. The molecular weight excluding hydrogens is 460 g/mol. The van der Waals surface area contributed by atoms with Gasteiger partial charge >= 0.3 is 5.97 Å². The van der Waals surface area contributed by atoms with Gasteiger partial charge in [-0.25, -0.2) is 0 Å². The highest BCUT2D eigenvalue weighted by Gasteiger charge is 2.45. The summed E-state index contributed by atoms with van der Waals surface area (Å²) in [5, 5.41) is 0. The lowest BCUT2D eigenvalue weighted by atomic mass is 9.72. The van der Waals surface area contributed by atoms with Crippen molar-refractivity contribution in [2.24, 2.45) is 0 Å². The largest absolute Gasteiger partial charge is 0.455 e. The quantitative estimate of drug-likeness (QED) is 0.585. The topological polar surface area (TPSA) is 66.9 Å². The summed E-state index contributed by atoms with van der Waals surface area (Å²) in [6.07, 6.45) is 0.937. The Morgan fingerprint density at radius 3 is 2.26 bits per heavy atom. The van der Waals surface area contributed by atoms with E-state index in [1.165, 1.54) is 6.92 Å². The van der Waals surface area contributed by atoms with Crippen LogP contribution < -0.4 is 0 Å². The molecule has 0 N–H and O–H groups in total. The number of hydrogen-bond donors (Lipinski definition) is 0. The molecule has 1 aliphatic heterocycles. The molecule has 31 heavy (non-hydrogen) atoms. The van der Waals surface area contributed by atoms with Crippen LogP contribution >= 0.6 is 15.9 Å². The molecule has 7 heteroatoms. The summed E-state index contributed by atoms with van der Waals surface area (Å²) < 4.78 is 6.46. The van der Waals surface area contributed by atoms with Crippen LogP contribution in [0.25, 0.3) is 0 Å². The molecule has 1 aliphatic rings. The highest BCUT2D eigenvalue weighted by atomic mass is 79.9. The van der Waals surface area contributed by atoms with Crippen LogP contribution in [-0.2, 0) is 31.1 Å². The first-order valence-corrected chi connectivity index (χ1v) is 11.1. The van der Waals surface area contributed by atoms with Gasteiger partial charge in [0.25, 0.3) is 5.91 Å². The second kappa shape index (κ2) is 10.1. The van der Waals surface area contributed by atoms with Gasteiger partial charge in [-0.2, -0.15) is 0 Å². The molecule has 0 saturated carbocycles. The van der Waals surface area contributed by atoms with Crippen LogP contribution in [0.4, 0.5) is 0 Å². The van der Waals surface area contributed by atoms with E-state index in [0.29, 0.717) is 32.5 Å². The Hall–Kier alpha value is -2.67.